The van der Waals surface area contributed by atoms with E-state index in [4.69, 9.17) is 4.74 Å². The van der Waals surface area contributed by atoms with E-state index in [1.54, 1.807) is 37.5 Å². The first-order valence-electron chi connectivity index (χ1n) is 6.91. The Hall–Kier alpha value is -1.81. The van der Waals surface area contributed by atoms with E-state index < -0.39 is 0 Å². The summed E-state index contributed by atoms with van der Waals surface area (Å²) in [4.78, 5) is 11.9. The van der Waals surface area contributed by atoms with Crippen LogP contribution in [-0.4, -0.2) is 25.3 Å². The zero-order valence-electron chi connectivity index (χ0n) is 12.1. The normalized spacial score (nSPS) is 23.4. The molecule has 0 radical (unpaired) electrons. The number of methoxy groups -OCH3 is 1. The summed E-state index contributed by atoms with van der Waals surface area (Å²) in [7, 11) is 1.74. The number of amides is 2. The minimum atomic E-state index is -0.187. The van der Waals surface area contributed by atoms with Gasteiger partial charge in [-0.2, -0.15) is 0 Å². The highest BCUT2D eigenvalue weighted by Gasteiger charge is 2.21. The van der Waals surface area contributed by atoms with Crippen molar-refractivity contribution in [3.8, 4) is 0 Å². The first-order chi connectivity index (χ1) is 9.69. The molecule has 1 fully saturated rings. The molecule has 0 aromatic rings. The van der Waals surface area contributed by atoms with Gasteiger partial charge in [-0.25, -0.2) is 4.79 Å². The average Bonchev–Trinajstić information content (AvgIpc) is 2.45. The highest BCUT2D eigenvalue weighted by molar-refractivity contribution is 5.76. The zero-order chi connectivity index (χ0) is 14.8. The lowest BCUT2D eigenvalue weighted by Crippen LogP contribution is -2.43. The van der Waals surface area contributed by atoms with Crippen LogP contribution in [-0.2, 0) is 4.74 Å². The van der Waals surface area contributed by atoms with Crippen LogP contribution >= 0.6 is 0 Å². The lowest BCUT2D eigenvalue weighted by molar-refractivity contribution is 0.0636. The number of carbonyl (C=O) groups is 1. The molecular weight excluding hydrogens is 252 g/mol. The van der Waals surface area contributed by atoms with Crippen LogP contribution in [0.2, 0.25) is 0 Å². The summed E-state index contributed by atoms with van der Waals surface area (Å²) >= 11 is 0. The van der Waals surface area contributed by atoms with Crippen molar-refractivity contribution in [3.63, 3.8) is 0 Å². The minimum absolute atomic E-state index is 0.187. The summed E-state index contributed by atoms with van der Waals surface area (Å²) < 4.78 is 5.32. The van der Waals surface area contributed by atoms with Crippen molar-refractivity contribution in [2.24, 2.45) is 0 Å². The zero-order valence-corrected chi connectivity index (χ0v) is 12.1. The fraction of sp³-hybridized carbons (Fsp3) is 0.438. The van der Waals surface area contributed by atoms with Gasteiger partial charge in [-0.3, -0.25) is 0 Å². The molecule has 1 aliphatic rings. The molecule has 1 aliphatic carbocycles. The molecule has 20 heavy (non-hydrogen) atoms. The summed E-state index contributed by atoms with van der Waals surface area (Å²) in [6.45, 7) is 7.23. The topological polar surface area (TPSA) is 50.4 Å². The number of carbonyl (C=O) groups excluding carboxylic acids is 1. The molecule has 110 valence electrons. The molecule has 0 unspecified atom stereocenters. The Morgan fingerprint density at radius 1 is 1.20 bits per heavy atom. The maximum Gasteiger partial charge on any atom is 0.319 e. The van der Waals surface area contributed by atoms with Gasteiger partial charge in [-0.1, -0.05) is 31.4 Å². The maximum atomic E-state index is 11.9. The van der Waals surface area contributed by atoms with Crippen LogP contribution in [0.3, 0.4) is 0 Å². The van der Waals surface area contributed by atoms with E-state index in [2.05, 4.69) is 23.8 Å². The van der Waals surface area contributed by atoms with Crippen LogP contribution in [0.5, 0.6) is 0 Å². The van der Waals surface area contributed by atoms with Gasteiger partial charge in [0, 0.05) is 18.8 Å². The van der Waals surface area contributed by atoms with Crippen molar-refractivity contribution in [2.75, 3.05) is 7.11 Å². The molecule has 0 atom stereocenters. The number of urea groups is 1. The van der Waals surface area contributed by atoms with Crippen LogP contribution in [0, 0.1) is 0 Å². The van der Waals surface area contributed by atoms with Crippen LogP contribution in [0.25, 0.3) is 0 Å². The number of allylic oxidation sites excluding steroid dienone is 5. The quantitative estimate of drug-likeness (QED) is 0.733. The van der Waals surface area contributed by atoms with Crippen molar-refractivity contribution in [2.45, 2.75) is 37.8 Å². The molecule has 0 aromatic heterocycles. The second kappa shape index (κ2) is 9.15. The first kappa shape index (κ1) is 16.2. The fourth-order valence-electron chi connectivity index (χ4n) is 2.23. The Morgan fingerprint density at radius 2 is 1.90 bits per heavy atom. The second-order valence-electron chi connectivity index (χ2n) is 4.76. The second-order valence-corrected chi connectivity index (χ2v) is 4.76. The van der Waals surface area contributed by atoms with E-state index >= 15 is 0 Å². The van der Waals surface area contributed by atoms with Crippen LogP contribution < -0.4 is 10.6 Å². The van der Waals surface area contributed by atoms with Crippen molar-refractivity contribution >= 4 is 6.03 Å². The summed E-state index contributed by atoms with van der Waals surface area (Å²) in [5.74, 6) is 0. The van der Waals surface area contributed by atoms with Gasteiger partial charge >= 0.3 is 6.03 Å². The summed E-state index contributed by atoms with van der Waals surface area (Å²) in [5.41, 5.74) is 0.683. The van der Waals surface area contributed by atoms with Gasteiger partial charge in [0.2, 0.25) is 0 Å². The van der Waals surface area contributed by atoms with E-state index in [9.17, 15) is 4.79 Å². The molecule has 0 aromatic carbocycles. The monoisotopic (exact) mass is 276 g/mol. The summed E-state index contributed by atoms with van der Waals surface area (Å²) in [6.07, 6.45) is 12.8. The highest BCUT2D eigenvalue weighted by atomic mass is 16.5. The number of hydrogen-bond acceptors (Lipinski definition) is 2. The Labute approximate surface area is 121 Å². The predicted molar refractivity (Wildman–Crippen MR) is 82.3 cm³/mol. The molecular formula is C16H24N2O2. The highest BCUT2D eigenvalue weighted by Crippen LogP contribution is 2.20. The summed E-state index contributed by atoms with van der Waals surface area (Å²) in [6, 6.07) is 0.0300. The predicted octanol–water partition coefficient (Wildman–Crippen LogP) is 3.06. The van der Waals surface area contributed by atoms with Gasteiger partial charge in [-0.05, 0) is 37.8 Å². The number of rotatable bonds is 6. The van der Waals surface area contributed by atoms with Crippen molar-refractivity contribution < 1.29 is 9.53 Å². The smallest absolute Gasteiger partial charge is 0.319 e. The Kier molecular flexibility index (Phi) is 7.43. The molecule has 0 saturated heterocycles. The molecule has 2 amide bonds. The number of ether oxygens (including phenoxy) is 1. The molecule has 1 rings (SSSR count). The van der Waals surface area contributed by atoms with Crippen molar-refractivity contribution in [1.82, 2.24) is 10.6 Å². The Bertz CT molecular complexity index is 391. The van der Waals surface area contributed by atoms with Gasteiger partial charge in [0.05, 0.1) is 6.10 Å². The third-order valence-electron chi connectivity index (χ3n) is 3.31. The van der Waals surface area contributed by atoms with E-state index in [-0.39, 0.29) is 12.1 Å². The third kappa shape index (κ3) is 5.89. The van der Waals surface area contributed by atoms with Crippen LogP contribution in [0.1, 0.15) is 25.7 Å². The standard InChI is InChI=1S/C16H24N2O2/c1-4-6-8-13(7-5-2)17-16(19)18-14-9-11-15(20-3)12-10-14/h4-8,14-15H,1-2,9-12H2,3H3,(H2,17,18,19)/b8-6-,13-7+/t14-,15+. The van der Waals surface area contributed by atoms with Crippen LogP contribution in [0.15, 0.2) is 49.2 Å². The molecule has 4 heteroatoms. The van der Waals surface area contributed by atoms with Crippen LogP contribution in [0.4, 0.5) is 4.79 Å². The van der Waals surface area contributed by atoms with Gasteiger partial charge in [0.25, 0.3) is 0 Å². The van der Waals surface area contributed by atoms with Crippen molar-refractivity contribution in [3.05, 3.63) is 49.2 Å². The fourth-order valence-corrected chi connectivity index (χ4v) is 2.23. The van der Waals surface area contributed by atoms with Gasteiger partial charge in [0.15, 0.2) is 0 Å². The molecule has 2 N–H and O–H groups in total. The Balaban J connectivity index is 2.42. The molecule has 0 heterocycles. The number of nitrogens with one attached hydrogen (secondary N) is 2. The van der Waals surface area contributed by atoms with Gasteiger partial charge < -0.3 is 15.4 Å². The molecule has 0 bridgehead atoms. The van der Waals surface area contributed by atoms with Gasteiger partial charge in [-0.15, -0.1) is 0 Å². The lowest BCUT2D eigenvalue weighted by Gasteiger charge is -2.28. The molecule has 1 saturated carbocycles. The first-order valence-corrected chi connectivity index (χ1v) is 6.91. The van der Waals surface area contributed by atoms with E-state index in [0.29, 0.717) is 11.8 Å². The van der Waals surface area contributed by atoms with E-state index in [1.165, 1.54) is 0 Å². The van der Waals surface area contributed by atoms with Crippen molar-refractivity contribution in [1.29, 1.82) is 0 Å². The SMILES string of the molecule is C=C/C=C\C(=C/C=C)NC(=O)N[C@H]1CC[C@@H](OC)CC1. The summed E-state index contributed by atoms with van der Waals surface area (Å²) in [5, 5.41) is 5.79. The number of hydrogen-bond donors (Lipinski definition) is 2. The third-order valence-corrected chi connectivity index (χ3v) is 3.31. The largest absolute Gasteiger partial charge is 0.381 e. The average molecular weight is 276 g/mol. The van der Waals surface area contributed by atoms with E-state index in [1.807, 2.05) is 0 Å². The molecule has 0 spiro atoms. The maximum absolute atomic E-state index is 11.9. The van der Waals surface area contributed by atoms with Gasteiger partial charge in [0.1, 0.15) is 0 Å². The molecule has 0 aliphatic heterocycles. The van der Waals surface area contributed by atoms with E-state index in [0.717, 1.165) is 25.7 Å². The Morgan fingerprint density at radius 3 is 2.45 bits per heavy atom. The molecule has 4 nitrogen and oxygen atoms in total. The minimum Gasteiger partial charge on any atom is -0.381 e. The lowest BCUT2D eigenvalue weighted by atomic mass is 9.93.